The van der Waals surface area contributed by atoms with Crippen molar-refractivity contribution in [1.82, 2.24) is 5.32 Å². The van der Waals surface area contributed by atoms with Crippen LogP contribution in [0.25, 0.3) is 0 Å². The summed E-state index contributed by atoms with van der Waals surface area (Å²) in [6.45, 7) is 1.79. The lowest BCUT2D eigenvalue weighted by molar-refractivity contribution is -0.178. The highest BCUT2D eigenvalue weighted by molar-refractivity contribution is 6.21. The van der Waals surface area contributed by atoms with Gasteiger partial charge in [-0.3, -0.25) is 0 Å². The molecule has 1 saturated heterocycles. The van der Waals surface area contributed by atoms with E-state index >= 15 is 0 Å². The Morgan fingerprint density at radius 3 is 2.42 bits per heavy atom. The first-order chi connectivity index (χ1) is 5.41. The second-order valence-electron chi connectivity index (χ2n) is 3.19. The van der Waals surface area contributed by atoms with Crippen LogP contribution >= 0.6 is 11.6 Å². The maximum atomic E-state index is 12.1. The first-order valence-electron chi connectivity index (χ1n) is 3.85. The van der Waals surface area contributed by atoms with Gasteiger partial charge in [0.1, 0.15) is 0 Å². The van der Waals surface area contributed by atoms with Gasteiger partial charge in [0.05, 0.1) is 5.92 Å². The van der Waals surface area contributed by atoms with Gasteiger partial charge in [-0.1, -0.05) is 0 Å². The molecule has 0 bridgehead atoms. The fourth-order valence-electron chi connectivity index (χ4n) is 1.26. The van der Waals surface area contributed by atoms with Crippen molar-refractivity contribution in [2.24, 2.45) is 5.92 Å². The van der Waals surface area contributed by atoms with Crippen molar-refractivity contribution in [3.8, 4) is 0 Å². The Hall–Kier alpha value is 0.0400. The van der Waals surface area contributed by atoms with Crippen LogP contribution in [-0.2, 0) is 0 Å². The van der Waals surface area contributed by atoms with Crippen molar-refractivity contribution >= 4 is 11.6 Å². The van der Waals surface area contributed by atoms with Gasteiger partial charge in [0.2, 0.25) is 0 Å². The van der Waals surface area contributed by atoms with Crippen LogP contribution in [0.15, 0.2) is 0 Å². The number of hydrogen-bond donors (Lipinski definition) is 1. The highest BCUT2D eigenvalue weighted by Gasteiger charge is 2.43. The van der Waals surface area contributed by atoms with Crippen LogP contribution in [0.5, 0.6) is 0 Å². The fourth-order valence-corrected chi connectivity index (χ4v) is 1.57. The minimum absolute atomic E-state index is 0.00606. The van der Waals surface area contributed by atoms with Crippen molar-refractivity contribution in [1.29, 1.82) is 0 Å². The van der Waals surface area contributed by atoms with Gasteiger partial charge in [0.15, 0.2) is 0 Å². The quantitative estimate of drug-likeness (QED) is 0.593. The fraction of sp³-hybridized carbons (Fsp3) is 1.00. The third-order valence-electron chi connectivity index (χ3n) is 2.20. The normalized spacial score (nSPS) is 38.2. The number of rotatable bonds is 0. The molecular formula is C7H11ClF3N. The number of hydrogen-bond acceptors (Lipinski definition) is 1. The first-order valence-corrected chi connectivity index (χ1v) is 4.29. The zero-order chi connectivity index (χ0) is 9.35. The van der Waals surface area contributed by atoms with Gasteiger partial charge in [0, 0.05) is 18.0 Å². The van der Waals surface area contributed by atoms with E-state index in [0.29, 0.717) is 0 Å². The minimum Gasteiger partial charge on any atom is -0.312 e. The molecule has 0 radical (unpaired) electrons. The molecule has 0 spiro atoms. The molecule has 1 nitrogen and oxygen atoms in total. The Balaban J connectivity index is 2.51. The molecule has 0 aromatic carbocycles. The van der Waals surface area contributed by atoms with E-state index in [4.69, 9.17) is 11.6 Å². The van der Waals surface area contributed by atoms with Gasteiger partial charge >= 0.3 is 6.18 Å². The summed E-state index contributed by atoms with van der Waals surface area (Å²) in [6.07, 6.45) is -4.08. The molecule has 3 unspecified atom stereocenters. The number of piperidine rings is 1. The SMILES string of the molecule is CC1NCC(C(F)(F)F)CC1Cl. The summed E-state index contributed by atoms with van der Waals surface area (Å²) in [5.74, 6) is -1.28. The smallest absolute Gasteiger partial charge is 0.312 e. The average Bonchev–Trinajstić information content (AvgIpc) is 1.92. The molecule has 72 valence electrons. The molecular weight excluding hydrogens is 191 g/mol. The van der Waals surface area contributed by atoms with Gasteiger partial charge in [-0.05, 0) is 13.3 Å². The molecule has 0 aliphatic carbocycles. The molecule has 0 amide bonds. The van der Waals surface area contributed by atoms with Crippen molar-refractivity contribution in [3.05, 3.63) is 0 Å². The molecule has 1 N–H and O–H groups in total. The van der Waals surface area contributed by atoms with Crippen LogP contribution in [0.1, 0.15) is 13.3 Å². The van der Waals surface area contributed by atoms with Crippen molar-refractivity contribution in [2.75, 3.05) is 6.54 Å². The molecule has 3 atom stereocenters. The minimum atomic E-state index is -4.11. The summed E-state index contributed by atoms with van der Waals surface area (Å²) in [4.78, 5) is 0. The standard InChI is InChI=1S/C7H11ClF3N/c1-4-6(8)2-5(3-12-4)7(9,10)11/h4-6,12H,2-3H2,1H3. The van der Waals surface area contributed by atoms with Crippen LogP contribution in [0.2, 0.25) is 0 Å². The van der Waals surface area contributed by atoms with Crippen LogP contribution in [0.3, 0.4) is 0 Å². The molecule has 1 rings (SSSR count). The van der Waals surface area contributed by atoms with E-state index in [9.17, 15) is 13.2 Å². The van der Waals surface area contributed by atoms with Gasteiger partial charge in [0.25, 0.3) is 0 Å². The van der Waals surface area contributed by atoms with Gasteiger partial charge in [-0.25, -0.2) is 0 Å². The predicted octanol–water partition coefficient (Wildman–Crippen LogP) is 2.15. The molecule has 0 aromatic rings. The summed E-state index contributed by atoms with van der Waals surface area (Å²) >= 11 is 5.71. The molecule has 1 aliphatic heterocycles. The number of halogens is 4. The second kappa shape index (κ2) is 3.42. The van der Waals surface area contributed by atoms with Crippen LogP contribution in [-0.4, -0.2) is 24.1 Å². The number of nitrogens with one attached hydrogen (secondary N) is 1. The van der Waals surface area contributed by atoms with Gasteiger partial charge in [-0.15, -0.1) is 11.6 Å². The highest BCUT2D eigenvalue weighted by atomic mass is 35.5. The average molecular weight is 202 g/mol. The Labute approximate surface area is 74.3 Å². The Bertz CT molecular complexity index is 159. The number of alkyl halides is 4. The van der Waals surface area contributed by atoms with Crippen LogP contribution in [0.4, 0.5) is 13.2 Å². The Morgan fingerprint density at radius 2 is 2.00 bits per heavy atom. The molecule has 1 heterocycles. The lowest BCUT2D eigenvalue weighted by Crippen LogP contribution is -2.48. The van der Waals surface area contributed by atoms with Gasteiger partial charge < -0.3 is 5.32 Å². The van der Waals surface area contributed by atoms with E-state index in [1.54, 1.807) is 6.92 Å². The first kappa shape index (κ1) is 10.1. The van der Waals surface area contributed by atoms with Crippen molar-refractivity contribution < 1.29 is 13.2 Å². The van der Waals surface area contributed by atoms with E-state index in [-0.39, 0.29) is 19.0 Å². The molecule has 0 aromatic heterocycles. The Kier molecular flexibility index (Phi) is 2.88. The lowest BCUT2D eigenvalue weighted by atomic mass is 9.95. The summed E-state index contributed by atoms with van der Waals surface area (Å²) in [5.41, 5.74) is 0. The second-order valence-corrected chi connectivity index (χ2v) is 3.75. The summed E-state index contributed by atoms with van der Waals surface area (Å²) in [7, 11) is 0. The van der Waals surface area contributed by atoms with Crippen molar-refractivity contribution in [2.45, 2.75) is 30.9 Å². The molecule has 1 aliphatic rings. The van der Waals surface area contributed by atoms with E-state index < -0.39 is 17.5 Å². The maximum Gasteiger partial charge on any atom is 0.393 e. The third kappa shape index (κ3) is 2.26. The van der Waals surface area contributed by atoms with Crippen LogP contribution in [0, 0.1) is 5.92 Å². The zero-order valence-electron chi connectivity index (χ0n) is 6.66. The molecule has 12 heavy (non-hydrogen) atoms. The van der Waals surface area contributed by atoms with Gasteiger partial charge in [-0.2, -0.15) is 13.2 Å². The molecule has 5 heteroatoms. The summed E-state index contributed by atoms with van der Waals surface area (Å²) in [6, 6.07) is -0.0229. The maximum absolute atomic E-state index is 12.1. The van der Waals surface area contributed by atoms with E-state index in [1.807, 2.05) is 0 Å². The van der Waals surface area contributed by atoms with Crippen molar-refractivity contribution in [3.63, 3.8) is 0 Å². The Morgan fingerprint density at radius 1 is 1.42 bits per heavy atom. The van der Waals surface area contributed by atoms with Crippen LogP contribution < -0.4 is 5.32 Å². The van der Waals surface area contributed by atoms with E-state index in [2.05, 4.69) is 5.32 Å². The van der Waals surface area contributed by atoms with E-state index in [0.717, 1.165) is 0 Å². The zero-order valence-corrected chi connectivity index (χ0v) is 7.41. The largest absolute Gasteiger partial charge is 0.393 e. The predicted molar refractivity (Wildman–Crippen MR) is 41.3 cm³/mol. The topological polar surface area (TPSA) is 12.0 Å². The molecule has 0 saturated carbocycles. The summed E-state index contributed by atoms with van der Waals surface area (Å²) in [5, 5.41) is 2.32. The third-order valence-corrected chi connectivity index (χ3v) is 2.76. The van der Waals surface area contributed by atoms with E-state index in [1.165, 1.54) is 0 Å². The summed E-state index contributed by atoms with van der Waals surface area (Å²) < 4.78 is 36.4. The monoisotopic (exact) mass is 201 g/mol. The molecule has 1 fully saturated rings. The highest BCUT2D eigenvalue weighted by Crippen LogP contribution is 2.33. The lowest BCUT2D eigenvalue weighted by Gasteiger charge is -2.32.